The molecule has 1 spiro atoms. The molecule has 0 bridgehead atoms. The second-order valence-corrected chi connectivity index (χ2v) is 10.6. The van der Waals surface area contributed by atoms with Crippen LogP contribution in [0.4, 0.5) is 11.4 Å². The Morgan fingerprint density at radius 1 is 1.14 bits per heavy atom. The first-order chi connectivity index (χ1) is 16.9. The number of methoxy groups -OCH3 is 1. The number of likely N-dealkylation sites (tertiary alicyclic amines) is 1. The lowest BCUT2D eigenvalue weighted by atomic mass is 9.85. The summed E-state index contributed by atoms with van der Waals surface area (Å²) >= 11 is 6.23. The van der Waals surface area contributed by atoms with E-state index in [1.165, 1.54) is 20.0 Å². The Kier molecular flexibility index (Phi) is 5.38. The van der Waals surface area contributed by atoms with Crippen LogP contribution in [0.3, 0.4) is 0 Å². The van der Waals surface area contributed by atoms with Crippen molar-refractivity contribution in [1.82, 2.24) is 4.90 Å². The van der Waals surface area contributed by atoms with Crippen molar-refractivity contribution in [2.45, 2.75) is 43.7 Å². The molecule has 1 aliphatic carbocycles. The molecule has 1 saturated carbocycles. The molecule has 8 heteroatoms. The number of esters is 1. The van der Waals surface area contributed by atoms with Gasteiger partial charge in [0.1, 0.15) is 5.54 Å². The summed E-state index contributed by atoms with van der Waals surface area (Å²) in [6.07, 6.45) is 5.21. The third-order valence-corrected chi connectivity index (χ3v) is 8.64. The highest BCUT2D eigenvalue weighted by Crippen LogP contribution is 2.55. The van der Waals surface area contributed by atoms with Crippen LogP contribution >= 0.6 is 11.6 Å². The van der Waals surface area contributed by atoms with Crippen LogP contribution in [0.15, 0.2) is 42.5 Å². The Morgan fingerprint density at radius 3 is 2.60 bits per heavy atom. The highest BCUT2D eigenvalue weighted by Gasteiger charge is 2.64. The number of halogens is 1. The minimum atomic E-state index is -0.839. The predicted octanol–water partition coefficient (Wildman–Crippen LogP) is 4.20. The molecule has 2 saturated heterocycles. The van der Waals surface area contributed by atoms with Crippen LogP contribution in [0.5, 0.6) is 0 Å². The standard InChI is InChI=1S/C27H28ClN3O4/c1-35-25(33)17-6-9-19(10-7-17)30-15-23-20(24(30)32)13-27(31(23)14-16-4-2-3-5-16)21-11-8-18(28)12-22(21)29-26(27)34/h6-12,16,20,23H,2-5,13-15H2,1H3,(H,29,34)/t20-,23-,27-/m1/s1. The van der Waals surface area contributed by atoms with E-state index in [1.807, 2.05) is 18.2 Å². The third kappa shape index (κ3) is 3.39. The first-order valence-electron chi connectivity index (χ1n) is 12.3. The van der Waals surface area contributed by atoms with Crippen LogP contribution in [0.25, 0.3) is 0 Å². The van der Waals surface area contributed by atoms with E-state index in [2.05, 4.69) is 10.2 Å². The fourth-order valence-electron chi connectivity index (χ4n) is 6.73. The zero-order valence-corrected chi connectivity index (χ0v) is 20.4. The molecular weight excluding hydrogens is 466 g/mol. The zero-order valence-electron chi connectivity index (χ0n) is 19.6. The highest BCUT2D eigenvalue weighted by atomic mass is 35.5. The molecule has 35 heavy (non-hydrogen) atoms. The number of carbonyl (C=O) groups excluding carboxylic acids is 3. The lowest BCUT2D eigenvalue weighted by Crippen LogP contribution is -2.52. The zero-order chi connectivity index (χ0) is 24.3. The van der Waals surface area contributed by atoms with E-state index in [9.17, 15) is 14.4 Å². The van der Waals surface area contributed by atoms with Crippen molar-refractivity contribution in [3.05, 3.63) is 58.6 Å². The number of anilines is 2. The Hall–Kier alpha value is -2.90. The average molecular weight is 494 g/mol. The van der Waals surface area contributed by atoms with Crippen molar-refractivity contribution in [1.29, 1.82) is 0 Å². The summed E-state index contributed by atoms with van der Waals surface area (Å²) in [7, 11) is 1.35. The van der Waals surface area contributed by atoms with Crippen molar-refractivity contribution in [2.75, 3.05) is 30.4 Å². The van der Waals surface area contributed by atoms with Crippen LogP contribution in [0.2, 0.25) is 5.02 Å². The van der Waals surface area contributed by atoms with E-state index in [1.54, 1.807) is 29.2 Å². The second kappa shape index (κ2) is 8.35. The van der Waals surface area contributed by atoms with Gasteiger partial charge in [0.25, 0.3) is 0 Å². The molecule has 182 valence electrons. The van der Waals surface area contributed by atoms with Crippen molar-refractivity contribution >= 4 is 40.8 Å². The molecule has 0 unspecified atom stereocenters. The number of nitrogens with one attached hydrogen (secondary N) is 1. The maximum absolute atomic E-state index is 13.7. The topological polar surface area (TPSA) is 79.0 Å². The first kappa shape index (κ1) is 22.6. The van der Waals surface area contributed by atoms with Crippen LogP contribution in [0.1, 0.15) is 48.0 Å². The Morgan fingerprint density at radius 2 is 1.89 bits per heavy atom. The van der Waals surface area contributed by atoms with Gasteiger partial charge in [0, 0.05) is 41.1 Å². The molecule has 3 atom stereocenters. The van der Waals surface area contributed by atoms with Gasteiger partial charge in [0.05, 0.1) is 18.6 Å². The van der Waals surface area contributed by atoms with Crippen LogP contribution in [0, 0.1) is 11.8 Å². The lowest BCUT2D eigenvalue weighted by Gasteiger charge is -2.39. The monoisotopic (exact) mass is 493 g/mol. The molecule has 3 fully saturated rings. The molecule has 1 N–H and O–H groups in total. The minimum absolute atomic E-state index is 0.0318. The number of benzene rings is 2. The summed E-state index contributed by atoms with van der Waals surface area (Å²) in [6.45, 7) is 1.32. The quantitative estimate of drug-likeness (QED) is 0.646. The number of nitrogens with zero attached hydrogens (tertiary/aromatic N) is 2. The number of hydrogen-bond acceptors (Lipinski definition) is 5. The molecule has 2 aromatic carbocycles. The molecule has 2 amide bonds. The fourth-order valence-corrected chi connectivity index (χ4v) is 6.91. The van der Waals surface area contributed by atoms with E-state index >= 15 is 0 Å². The number of amides is 2. The van der Waals surface area contributed by atoms with Gasteiger partial charge < -0.3 is 15.0 Å². The Balaban J connectivity index is 1.35. The molecule has 2 aromatic rings. The first-order valence-corrected chi connectivity index (χ1v) is 12.7. The van der Waals surface area contributed by atoms with Crippen molar-refractivity contribution in [3.63, 3.8) is 0 Å². The smallest absolute Gasteiger partial charge is 0.337 e. The van der Waals surface area contributed by atoms with Crippen LogP contribution < -0.4 is 10.2 Å². The van der Waals surface area contributed by atoms with Gasteiger partial charge in [-0.15, -0.1) is 0 Å². The number of ether oxygens (including phenoxy) is 1. The number of hydrogen-bond donors (Lipinski definition) is 1. The second-order valence-electron chi connectivity index (χ2n) is 10.2. The molecule has 4 aliphatic rings. The van der Waals surface area contributed by atoms with E-state index in [-0.39, 0.29) is 23.8 Å². The van der Waals surface area contributed by atoms with Crippen molar-refractivity contribution < 1.29 is 19.1 Å². The number of rotatable bonds is 4. The normalized spacial score (nSPS) is 28.0. The molecule has 6 rings (SSSR count). The Bertz CT molecular complexity index is 1210. The van der Waals surface area contributed by atoms with Gasteiger partial charge in [-0.2, -0.15) is 0 Å². The van der Waals surface area contributed by atoms with E-state index in [0.29, 0.717) is 29.5 Å². The van der Waals surface area contributed by atoms with Gasteiger partial charge in [-0.3, -0.25) is 14.5 Å². The van der Waals surface area contributed by atoms with Gasteiger partial charge in [-0.05, 0) is 61.6 Å². The summed E-state index contributed by atoms with van der Waals surface area (Å²) in [5.74, 6) is -0.174. The summed E-state index contributed by atoms with van der Waals surface area (Å²) in [4.78, 5) is 43.3. The van der Waals surface area contributed by atoms with Crippen LogP contribution in [-0.4, -0.2) is 48.9 Å². The maximum atomic E-state index is 13.7. The Labute approximate surface area is 209 Å². The average Bonchev–Trinajstić information content (AvgIpc) is 3.61. The van der Waals surface area contributed by atoms with E-state index < -0.39 is 11.5 Å². The maximum Gasteiger partial charge on any atom is 0.337 e. The highest BCUT2D eigenvalue weighted by molar-refractivity contribution is 6.31. The van der Waals surface area contributed by atoms with E-state index in [4.69, 9.17) is 16.3 Å². The summed E-state index contributed by atoms with van der Waals surface area (Å²) in [6, 6.07) is 12.5. The van der Waals surface area contributed by atoms with Crippen molar-refractivity contribution in [3.8, 4) is 0 Å². The van der Waals surface area contributed by atoms with Gasteiger partial charge in [-0.1, -0.05) is 30.5 Å². The SMILES string of the molecule is COC(=O)c1ccc(N2C[C@@H]3[C@@H](C[C@@]4(C(=O)Nc5cc(Cl)ccc54)N3CC3CCCC3)C2=O)cc1. The molecule has 3 heterocycles. The van der Waals surface area contributed by atoms with E-state index in [0.717, 1.165) is 36.3 Å². The number of fused-ring (bicyclic) bond motifs is 3. The molecular formula is C27H28ClN3O4. The third-order valence-electron chi connectivity index (χ3n) is 8.40. The van der Waals surface area contributed by atoms with Gasteiger partial charge in [-0.25, -0.2) is 4.79 Å². The minimum Gasteiger partial charge on any atom is -0.465 e. The molecule has 3 aliphatic heterocycles. The largest absolute Gasteiger partial charge is 0.465 e. The van der Waals surface area contributed by atoms with Crippen molar-refractivity contribution in [2.24, 2.45) is 11.8 Å². The molecule has 7 nitrogen and oxygen atoms in total. The number of carbonyl (C=O) groups is 3. The van der Waals surface area contributed by atoms with Gasteiger partial charge >= 0.3 is 5.97 Å². The predicted molar refractivity (Wildman–Crippen MR) is 132 cm³/mol. The summed E-state index contributed by atoms with van der Waals surface area (Å²) in [5, 5.41) is 3.64. The van der Waals surface area contributed by atoms with Crippen LogP contribution in [-0.2, 0) is 19.9 Å². The molecule has 0 aromatic heterocycles. The fraction of sp³-hybridized carbons (Fsp3) is 0.444. The van der Waals surface area contributed by atoms with Gasteiger partial charge in [0.2, 0.25) is 11.8 Å². The summed E-state index contributed by atoms with van der Waals surface area (Å²) in [5.41, 5.74) is 2.05. The lowest BCUT2D eigenvalue weighted by molar-refractivity contribution is -0.127. The van der Waals surface area contributed by atoms with Gasteiger partial charge in [0.15, 0.2) is 0 Å². The summed E-state index contributed by atoms with van der Waals surface area (Å²) < 4.78 is 4.79. The molecule has 0 radical (unpaired) electrons.